The number of ether oxygens (including phenoxy) is 1. The van der Waals surface area contributed by atoms with Gasteiger partial charge in [-0.05, 0) is 50.2 Å². The minimum absolute atomic E-state index is 0.0137. The molecule has 0 spiro atoms. The second-order valence-corrected chi connectivity index (χ2v) is 11.2. The van der Waals surface area contributed by atoms with Crippen molar-refractivity contribution in [3.63, 3.8) is 0 Å². The van der Waals surface area contributed by atoms with Gasteiger partial charge in [0.25, 0.3) is 0 Å². The Morgan fingerprint density at radius 3 is 2.41 bits per heavy atom. The van der Waals surface area contributed by atoms with Crippen LogP contribution in [-0.2, 0) is 9.84 Å². The van der Waals surface area contributed by atoms with Gasteiger partial charge in [-0.15, -0.1) is 0 Å². The lowest BCUT2D eigenvalue weighted by Crippen LogP contribution is -2.34. The lowest BCUT2D eigenvalue weighted by atomic mass is 10.1. The molecule has 146 valence electrons. The average molecular weight is 410 g/mol. The third-order valence-corrected chi connectivity index (χ3v) is 9.26. The van der Waals surface area contributed by atoms with E-state index in [1.165, 1.54) is 12.1 Å². The van der Waals surface area contributed by atoms with E-state index < -0.39 is 25.7 Å². The van der Waals surface area contributed by atoms with E-state index in [2.05, 4.69) is 5.32 Å². The molecule has 0 saturated carbocycles. The van der Waals surface area contributed by atoms with Crippen molar-refractivity contribution in [1.29, 1.82) is 0 Å². The van der Waals surface area contributed by atoms with Crippen LogP contribution >= 0.6 is 10.6 Å². The Labute approximate surface area is 160 Å². The highest BCUT2D eigenvalue weighted by Gasteiger charge is 2.45. The Bertz CT molecular complexity index is 924. The molecule has 6 nitrogen and oxygen atoms in total. The average Bonchev–Trinajstić information content (AvgIpc) is 2.96. The SMILES string of the molecule is O=S(=O)(c1ccccc1)C1CS(O)(O)c2cccc(OC3CCNCC3)c21. The van der Waals surface area contributed by atoms with Crippen molar-refractivity contribution in [3.8, 4) is 5.75 Å². The van der Waals surface area contributed by atoms with Crippen LogP contribution in [-0.4, -0.2) is 42.5 Å². The van der Waals surface area contributed by atoms with Crippen molar-refractivity contribution in [1.82, 2.24) is 5.32 Å². The summed E-state index contributed by atoms with van der Waals surface area (Å²) in [7, 11) is -6.96. The minimum atomic E-state index is -3.78. The van der Waals surface area contributed by atoms with Crippen LogP contribution in [0.3, 0.4) is 0 Å². The Balaban J connectivity index is 1.78. The zero-order valence-corrected chi connectivity index (χ0v) is 16.4. The summed E-state index contributed by atoms with van der Waals surface area (Å²) in [6.45, 7) is 1.70. The molecule has 0 amide bonds. The molecule has 1 atom stereocenters. The first kappa shape index (κ1) is 18.8. The maximum Gasteiger partial charge on any atom is 0.187 e. The molecule has 27 heavy (non-hydrogen) atoms. The lowest BCUT2D eigenvalue weighted by molar-refractivity contribution is 0.160. The van der Waals surface area contributed by atoms with Gasteiger partial charge in [-0.2, -0.15) is 10.6 Å². The summed E-state index contributed by atoms with van der Waals surface area (Å²) in [4.78, 5) is 0.466. The Kier molecular flexibility index (Phi) is 4.94. The normalized spacial score (nSPS) is 23.6. The number of nitrogens with one attached hydrogen (secondary N) is 1. The first-order valence-electron chi connectivity index (χ1n) is 8.95. The second kappa shape index (κ2) is 7.10. The van der Waals surface area contributed by atoms with E-state index in [0.717, 1.165) is 25.9 Å². The zero-order valence-electron chi connectivity index (χ0n) is 14.7. The van der Waals surface area contributed by atoms with Gasteiger partial charge >= 0.3 is 0 Å². The van der Waals surface area contributed by atoms with E-state index in [4.69, 9.17) is 4.74 Å². The largest absolute Gasteiger partial charge is 0.490 e. The van der Waals surface area contributed by atoms with Crippen LogP contribution in [0.4, 0.5) is 0 Å². The van der Waals surface area contributed by atoms with Crippen LogP contribution in [0.1, 0.15) is 23.7 Å². The molecular weight excluding hydrogens is 386 g/mol. The predicted molar refractivity (Wildman–Crippen MR) is 105 cm³/mol. The highest BCUT2D eigenvalue weighted by atomic mass is 32.3. The first-order valence-corrected chi connectivity index (χ1v) is 12.2. The molecule has 0 radical (unpaired) electrons. The Morgan fingerprint density at radius 1 is 1.00 bits per heavy atom. The summed E-state index contributed by atoms with van der Waals surface area (Å²) >= 11 is 0. The van der Waals surface area contributed by atoms with Crippen LogP contribution in [0.5, 0.6) is 5.75 Å². The van der Waals surface area contributed by atoms with Gasteiger partial charge in [-0.3, -0.25) is 9.11 Å². The standard InChI is InChI=1S/C19H23NO5S2/c21-26(22)13-18(27(23,24)15-5-2-1-3-6-15)19-16(7-4-8-17(19)26)25-14-9-11-20-12-10-14/h1-8,14,18,20-22H,9-13H2. The first-order chi connectivity index (χ1) is 12.9. The summed E-state index contributed by atoms with van der Waals surface area (Å²) in [5.74, 6) is 0.216. The van der Waals surface area contributed by atoms with Gasteiger partial charge in [0.15, 0.2) is 9.84 Å². The van der Waals surface area contributed by atoms with Crippen molar-refractivity contribution >= 4 is 20.4 Å². The van der Waals surface area contributed by atoms with E-state index in [0.29, 0.717) is 16.2 Å². The molecule has 2 aromatic rings. The number of hydrogen-bond acceptors (Lipinski definition) is 6. The van der Waals surface area contributed by atoms with E-state index in [-0.39, 0.29) is 16.8 Å². The van der Waals surface area contributed by atoms with E-state index in [1.54, 1.807) is 36.4 Å². The van der Waals surface area contributed by atoms with Gasteiger partial charge in [-0.25, -0.2) is 8.42 Å². The molecule has 4 rings (SSSR count). The van der Waals surface area contributed by atoms with Crippen molar-refractivity contribution in [2.45, 2.75) is 34.0 Å². The second-order valence-electron chi connectivity index (χ2n) is 6.92. The fourth-order valence-electron chi connectivity index (χ4n) is 3.73. The number of hydrogen-bond donors (Lipinski definition) is 3. The van der Waals surface area contributed by atoms with E-state index in [1.807, 2.05) is 0 Å². The van der Waals surface area contributed by atoms with Crippen molar-refractivity contribution in [3.05, 3.63) is 54.1 Å². The quantitative estimate of drug-likeness (QED) is 0.716. The number of piperidine rings is 1. The monoisotopic (exact) mass is 409 g/mol. The third-order valence-electron chi connectivity index (χ3n) is 5.11. The highest BCUT2D eigenvalue weighted by molar-refractivity contribution is 8.25. The fourth-order valence-corrected chi connectivity index (χ4v) is 8.16. The number of benzene rings is 2. The molecule has 2 aromatic carbocycles. The number of rotatable bonds is 4. The van der Waals surface area contributed by atoms with Crippen molar-refractivity contribution < 1.29 is 22.3 Å². The molecular formula is C19H23NO5S2. The van der Waals surface area contributed by atoms with Crippen LogP contribution < -0.4 is 10.1 Å². The van der Waals surface area contributed by atoms with Gasteiger partial charge in [-0.1, -0.05) is 24.3 Å². The van der Waals surface area contributed by atoms with Crippen LogP contribution in [0.2, 0.25) is 0 Å². The molecule has 1 saturated heterocycles. The molecule has 2 aliphatic heterocycles. The summed E-state index contributed by atoms with van der Waals surface area (Å²) in [5, 5.41) is 2.24. The molecule has 0 aromatic heterocycles. The third kappa shape index (κ3) is 3.48. The van der Waals surface area contributed by atoms with Gasteiger partial charge in [0.05, 0.1) is 15.5 Å². The van der Waals surface area contributed by atoms with E-state index >= 15 is 0 Å². The molecule has 1 fully saturated rings. The fraction of sp³-hybridized carbons (Fsp3) is 0.368. The topological polar surface area (TPSA) is 95.9 Å². The molecule has 0 aliphatic carbocycles. The molecule has 2 aliphatic rings. The molecule has 8 heteroatoms. The van der Waals surface area contributed by atoms with Gasteiger partial charge in [0, 0.05) is 5.56 Å². The summed E-state index contributed by atoms with van der Waals surface area (Å²) in [6.07, 6.45) is 1.65. The van der Waals surface area contributed by atoms with Crippen LogP contribution in [0.15, 0.2) is 58.3 Å². The van der Waals surface area contributed by atoms with Crippen molar-refractivity contribution in [2.75, 3.05) is 18.8 Å². The van der Waals surface area contributed by atoms with E-state index in [9.17, 15) is 17.5 Å². The lowest BCUT2D eigenvalue weighted by Gasteiger charge is -2.28. The summed E-state index contributed by atoms with van der Waals surface area (Å²) in [6, 6.07) is 13.2. The van der Waals surface area contributed by atoms with Crippen LogP contribution in [0.25, 0.3) is 0 Å². The summed E-state index contributed by atoms with van der Waals surface area (Å²) in [5.41, 5.74) is 0.403. The highest BCUT2D eigenvalue weighted by Crippen LogP contribution is 2.63. The maximum atomic E-state index is 13.3. The number of fused-ring (bicyclic) bond motifs is 1. The zero-order chi connectivity index (χ0) is 19.1. The predicted octanol–water partition coefficient (Wildman–Crippen LogP) is 3.46. The number of sulfone groups is 1. The Morgan fingerprint density at radius 2 is 1.70 bits per heavy atom. The van der Waals surface area contributed by atoms with Gasteiger partial charge in [0.1, 0.15) is 17.1 Å². The molecule has 0 bridgehead atoms. The minimum Gasteiger partial charge on any atom is -0.490 e. The van der Waals surface area contributed by atoms with Gasteiger partial charge in [0.2, 0.25) is 0 Å². The Hall–Kier alpha value is -1.58. The molecule has 1 unspecified atom stereocenters. The molecule has 3 N–H and O–H groups in total. The van der Waals surface area contributed by atoms with Gasteiger partial charge < -0.3 is 10.1 Å². The van der Waals surface area contributed by atoms with Crippen LogP contribution in [0, 0.1) is 0 Å². The smallest absolute Gasteiger partial charge is 0.187 e. The maximum absolute atomic E-state index is 13.3. The molecule has 2 heterocycles. The summed E-state index contributed by atoms with van der Waals surface area (Å²) < 4.78 is 53.8. The van der Waals surface area contributed by atoms with Crippen molar-refractivity contribution in [2.24, 2.45) is 0 Å².